The third kappa shape index (κ3) is 3.67. The van der Waals surface area contributed by atoms with E-state index >= 15 is 0 Å². The zero-order chi connectivity index (χ0) is 11.5. The topological polar surface area (TPSA) is 32.3 Å². The zero-order valence-corrected chi connectivity index (χ0v) is 8.01. The highest BCUT2D eigenvalue weighted by Gasteiger charge is 2.32. The van der Waals surface area contributed by atoms with Crippen LogP contribution in [0.4, 0.5) is 23.7 Å². The molecule has 0 unspecified atom stereocenters. The van der Waals surface area contributed by atoms with E-state index in [2.05, 4.69) is 0 Å². The molecule has 7 heteroatoms. The smallest absolute Gasteiger partial charge is 0.248 e. The van der Waals surface area contributed by atoms with Crippen LogP contribution in [0.3, 0.4) is 0 Å². The van der Waals surface area contributed by atoms with Gasteiger partial charge in [0.05, 0.1) is 5.69 Å². The number of alkyl halides is 3. The highest BCUT2D eigenvalue weighted by atomic mass is 35.5. The van der Waals surface area contributed by atoms with Gasteiger partial charge in [-0.15, -0.1) is 0 Å². The molecule has 1 aromatic carbocycles. The maximum Gasteiger partial charge on any atom is 0.486 e. The Kier molecular flexibility index (Phi) is 3.41. The number of benzene rings is 1. The van der Waals surface area contributed by atoms with Gasteiger partial charge in [-0.05, 0) is 12.1 Å². The summed E-state index contributed by atoms with van der Waals surface area (Å²) in [5, 5.41) is 0.772. The zero-order valence-electron chi connectivity index (χ0n) is 7.25. The van der Waals surface area contributed by atoms with E-state index in [9.17, 15) is 18.0 Å². The summed E-state index contributed by atoms with van der Waals surface area (Å²) >= 11 is 5.38. The number of hydrogen-bond acceptors (Lipinski definition) is 1. The van der Waals surface area contributed by atoms with Gasteiger partial charge in [-0.1, -0.05) is 18.2 Å². The van der Waals surface area contributed by atoms with E-state index in [0.717, 1.165) is 5.32 Å². The Bertz CT molecular complexity index is 341. The highest BCUT2D eigenvalue weighted by Crippen LogP contribution is 2.17. The number of hydrogen-bond donors (Lipinski definition) is 1. The summed E-state index contributed by atoms with van der Waals surface area (Å²) in [5.74, 6) is 0. The molecule has 82 valence electrons. The molecule has 0 aliphatic rings. The number of nitrogens with zero attached hydrogens (tertiary/aromatic N) is 1. The molecule has 0 aromatic heterocycles. The van der Waals surface area contributed by atoms with Gasteiger partial charge in [0.25, 0.3) is 0 Å². The maximum atomic E-state index is 11.8. The van der Waals surface area contributed by atoms with E-state index in [0.29, 0.717) is 4.42 Å². The lowest BCUT2D eigenvalue weighted by Crippen LogP contribution is -2.43. The fourth-order valence-corrected chi connectivity index (χ4v) is 1.00. The Morgan fingerprint density at radius 2 is 1.80 bits per heavy atom. The van der Waals surface area contributed by atoms with Crippen molar-refractivity contribution < 1.29 is 18.0 Å². The molecule has 0 spiro atoms. The molecule has 0 aliphatic carbocycles. The summed E-state index contributed by atoms with van der Waals surface area (Å²) < 4.78 is 35.6. The van der Waals surface area contributed by atoms with Crippen LogP contribution >= 0.6 is 11.8 Å². The number of anilines is 1. The molecule has 1 rings (SSSR count). The Morgan fingerprint density at radius 1 is 1.27 bits per heavy atom. The molecule has 3 nitrogen and oxygen atoms in total. The first kappa shape index (κ1) is 11.6. The number of halogens is 4. The molecule has 0 aliphatic heterocycles. The van der Waals surface area contributed by atoms with Crippen LogP contribution in [0.1, 0.15) is 0 Å². The minimum absolute atomic E-state index is 0.154. The first-order valence-electron chi connectivity index (χ1n) is 3.80. The summed E-state index contributed by atoms with van der Waals surface area (Å²) in [6.45, 7) is 0. The summed E-state index contributed by atoms with van der Waals surface area (Å²) in [7, 11) is 0. The molecule has 0 radical (unpaired) electrons. The van der Waals surface area contributed by atoms with Gasteiger partial charge in [0.1, 0.15) is 0 Å². The molecule has 2 amide bonds. The van der Waals surface area contributed by atoms with Gasteiger partial charge in [0.2, 0.25) is 0 Å². The number of nitrogens with one attached hydrogen (secondary N) is 1. The number of para-hydroxylation sites is 1. The number of amides is 2. The van der Waals surface area contributed by atoms with Crippen molar-refractivity contribution in [2.24, 2.45) is 0 Å². The van der Waals surface area contributed by atoms with Gasteiger partial charge in [0, 0.05) is 11.8 Å². The summed E-state index contributed by atoms with van der Waals surface area (Å²) in [6.07, 6.45) is -4.79. The van der Waals surface area contributed by atoms with Gasteiger partial charge < -0.3 is 0 Å². The molecule has 0 heterocycles. The second kappa shape index (κ2) is 4.39. The average molecular weight is 239 g/mol. The number of carbonyl (C=O) groups is 1. The molecule has 1 aromatic rings. The van der Waals surface area contributed by atoms with Crippen molar-refractivity contribution in [1.82, 2.24) is 5.32 Å². The van der Waals surface area contributed by atoms with Crippen molar-refractivity contribution in [3.05, 3.63) is 30.3 Å². The average Bonchev–Trinajstić information content (AvgIpc) is 2.15. The van der Waals surface area contributed by atoms with E-state index in [1.807, 2.05) is 0 Å². The Balaban J connectivity index is 2.70. The minimum Gasteiger partial charge on any atom is -0.248 e. The quantitative estimate of drug-likeness (QED) is 0.592. The van der Waals surface area contributed by atoms with Crippen LogP contribution in [-0.2, 0) is 0 Å². The normalized spacial score (nSPS) is 10.9. The van der Waals surface area contributed by atoms with Crippen LogP contribution in [0, 0.1) is 0 Å². The van der Waals surface area contributed by atoms with Gasteiger partial charge in [-0.3, -0.25) is 0 Å². The van der Waals surface area contributed by atoms with Crippen LogP contribution in [0.25, 0.3) is 0 Å². The first-order chi connectivity index (χ1) is 6.90. The standard InChI is InChI=1S/C8H6ClF3N2O/c9-14(6-4-2-1-3-5-6)7(15)13-8(10,11)12/h1-5H,(H,13,15). The first-order valence-corrected chi connectivity index (χ1v) is 4.14. The van der Waals surface area contributed by atoms with Crippen molar-refractivity contribution in [3.63, 3.8) is 0 Å². The molecule has 0 saturated heterocycles. The number of urea groups is 1. The Labute approximate surface area is 88.5 Å². The molecule has 0 bridgehead atoms. The largest absolute Gasteiger partial charge is 0.486 e. The summed E-state index contributed by atoms with van der Waals surface area (Å²) in [5.41, 5.74) is 0.154. The van der Waals surface area contributed by atoms with Crippen LogP contribution in [0.5, 0.6) is 0 Å². The summed E-state index contributed by atoms with van der Waals surface area (Å²) in [6, 6.07) is 6.11. The second-order valence-electron chi connectivity index (χ2n) is 2.54. The predicted octanol–water partition coefficient (Wildman–Crippen LogP) is 2.88. The molecular weight excluding hydrogens is 233 g/mol. The minimum atomic E-state index is -4.79. The third-order valence-corrected chi connectivity index (χ3v) is 1.76. The Morgan fingerprint density at radius 3 is 2.27 bits per heavy atom. The number of rotatable bonds is 1. The van der Waals surface area contributed by atoms with E-state index in [-0.39, 0.29) is 5.69 Å². The molecule has 15 heavy (non-hydrogen) atoms. The molecular formula is C8H6ClF3N2O. The SMILES string of the molecule is O=C(NC(F)(F)F)N(Cl)c1ccccc1. The number of carbonyl (C=O) groups excluding carboxylic acids is 1. The van der Waals surface area contributed by atoms with Crippen molar-refractivity contribution >= 4 is 23.5 Å². The molecule has 0 atom stereocenters. The van der Waals surface area contributed by atoms with Gasteiger partial charge in [-0.2, -0.15) is 13.2 Å². The van der Waals surface area contributed by atoms with Gasteiger partial charge in [0.15, 0.2) is 0 Å². The maximum absolute atomic E-state index is 11.8. The van der Waals surface area contributed by atoms with Crippen LogP contribution in [0.15, 0.2) is 30.3 Å². The van der Waals surface area contributed by atoms with Gasteiger partial charge >= 0.3 is 12.3 Å². The van der Waals surface area contributed by atoms with Crippen molar-refractivity contribution in [1.29, 1.82) is 0 Å². The fourth-order valence-electron chi connectivity index (χ4n) is 0.846. The van der Waals surface area contributed by atoms with E-state index in [4.69, 9.17) is 11.8 Å². The van der Waals surface area contributed by atoms with Crippen molar-refractivity contribution in [2.45, 2.75) is 6.30 Å². The lowest BCUT2D eigenvalue weighted by molar-refractivity contribution is -0.144. The third-order valence-electron chi connectivity index (χ3n) is 1.41. The predicted molar refractivity (Wildman–Crippen MR) is 49.4 cm³/mol. The Hall–Kier alpha value is -1.43. The van der Waals surface area contributed by atoms with Crippen LogP contribution < -0.4 is 9.74 Å². The second-order valence-corrected chi connectivity index (χ2v) is 2.88. The van der Waals surface area contributed by atoms with E-state index in [1.165, 1.54) is 12.1 Å². The van der Waals surface area contributed by atoms with Crippen molar-refractivity contribution in [3.8, 4) is 0 Å². The fraction of sp³-hybridized carbons (Fsp3) is 0.125. The summed E-state index contributed by atoms with van der Waals surface area (Å²) in [4.78, 5) is 10.9. The van der Waals surface area contributed by atoms with E-state index < -0.39 is 12.3 Å². The van der Waals surface area contributed by atoms with E-state index in [1.54, 1.807) is 18.2 Å². The lowest BCUT2D eigenvalue weighted by atomic mass is 10.3. The van der Waals surface area contributed by atoms with Crippen LogP contribution in [-0.4, -0.2) is 12.3 Å². The lowest BCUT2D eigenvalue weighted by Gasteiger charge is -2.15. The molecule has 0 fully saturated rings. The molecule has 0 saturated carbocycles. The van der Waals surface area contributed by atoms with Crippen LogP contribution in [0.2, 0.25) is 0 Å². The van der Waals surface area contributed by atoms with Gasteiger partial charge in [-0.25, -0.2) is 14.5 Å². The monoisotopic (exact) mass is 238 g/mol. The van der Waals surface area contributed by atoms with Crippen molar-refractivity contribution in [2.75, 3.05) is 4.42 Å². The highest BCUT2D eigenvalue weighted by molar-refractivity contribution is 6.36. The molecule has 1 N–H and O–H groups in total.